The molecule has 28 heavy (non-hydrogen) atoms. The first-order chi connectivity index (χ1) is 13.7. The Morgan fingerprint density at radius 1 is 0.893 bits per heavy atom. The van der Waals surface area contributed by atoms with Gasteiger partial charge in [0.2, 0.25) is 0 Å². The van der Waals surface area contributed by atoms with E-state index in [1.54, 1.807) is 0 Å². The number of fused-ring (bicyclic) bond motifs is 1. The van der Waals surface area contributed by atoms with Crippen LogP contribution >= 0.6 is 0 Å². The molecule has 138 valence electrons. The number of aryl methyl sites for hydroxylation is 1. The van der Waals surface area contributed by atoms with E-state index in [2.05, 4.69) is 29.4 Å². The van der Waals surface area contributed by atoms with Crippen molar-refractivity contribution in [2.45, 2.75) is 19.8 Å². The molecule has 0 saturated carbocycles. The number of carbonyl (C=O) groups excluding carboxylic acids is 1. The molecule has 1 N–H and O–H groups in total. The normalized spacial score (nSPS) is 10.8. The highest BCUT2D eigenvalue weighted by Gasteiger charge is 2.08. The number of hydrogen-bond acceptors (Lipinski definition) is 2. The summed E-state index contributed by atoms with van der Waals surface area (Å²) in [5, 5.41) is 5.24. The Hall–Kier alpha value is -3.46. The van der Waals surface area contributed by atoms with E-state index >= 15 is 0 Å². The van der Waals surface area contributed by atoms with Gasteiger partial charge in [-0.25, -0.2) is 0 Å². The average molecular weight is 366 g/mol. The molecule has 0 spiro atoms. The van der Waals surface area contributed by atoms with Gasteiger partial charge in [-0.2, -0.15) is 0 Å². The summed E-state index contributed by atoms with van der Waals surface area (Å²) in [5.74, 6) is -0.118. The van der Waals surface area contributed by atoms with E-state index < -0.39 is 0 Å². The van der Waals surface area contributed by atoms with Crippen molar-refractivity contribution in [1.29, 1.82) is 0 Å². The second-order valence-electron chi connectivity index (χ2n) is 6.90. The lowest BCUT2D eigenvalue weighted by Crippen LogP contribution is -2.11. The van der Waals surface area contributed by atoms with Crippen LogP contribution < -0.4 is 5.32 Å². The maximum absolute atomic E-state index is 12.6. The van der Waals surface area contributed by atoms with E-state index in [-0.39, 0.29) is 5.91 Å². The quantitative estimate of drug-likeness (QED) is 0.463. The molecule has 1 heterocycles. The van der Waals surface area contributed by atoms with Crippen LogP contribution in [0.5, 0.6) is 0 Å². The number of nitrogens with one attached hydrogen (secondary N) is 1. The van der Waals surface area contributed by atoms with E-state index in [0.717, 1.165) is 40.6 Å². The lowest BCUT2D eigenvalue weighted by Gasteiger charge is -2.08. The third-order valence-electron chi connectivity index (χ3n) is 4.81. The first-order valence-corrected chi connectivity index (χ1v) is 9.58. The van der Waals surface area contributed by atoms with E-state index in [1.165, 1.54) is 5.56 Å². The molecule has 0 atom stereocenters. The Bertz CT molecular complexity index is 1100. The molecule has 0 aliphatic rings. The number of carbonyl (C=O) groups is 1. The van der Waals surface area contributed by atoms with Crippen molar-refractivity contribution in [3.05, 3.63) is 96.2 Å². The molecule has 3 nitrogen and oxygen atoms in total. The Morgan fingerprint density at radius 2 is 1.68 bits per heavy atom. The van der Waals surface area contributed by atoms with Gasteiger partial charge in [-0.05, 0) is 53.1 Å². The van der Waals surface area contributed by atoms with Crippen LogP contribution in [0.1, 0.15) is 29.3 Å². The minimum Gasteiger partial charge on any atom is -0.322 e. The molecule has 4 aromatic rings. The number of anilines is 1. The van der Waals surface area contributed by atoms with Gasteiger partial charge in [0.1, 0.15) is 0 Å². The molecule has 0 aliphatic carbocycles. The van der Waals surface area contributed by atoms with Crippen LogP contribution in [-0.2, 0) is 6.42 Å². The molecule has 1 aromatic heterocycles. The third kappa shape index (κ3) is 3.94. The van der Waals surface area contributed by atoms with Crippen LogP contribution in [0, 0.1) is 0 Å². The standard InChI is InChI=1S/C25H22N2O/c1-2-5-18-8-15-24(26-17-18)20-9-11-21(12-10-20)25(28)27-23-14-13-19-6-3-4-7-22(19)16-23/h3-4,6-17H,2,5H2,1H3,(H,27,28). The lowest BCUT2D eigenvalue weighted by molar-refractivity contribution is 0.102. The summed E-state index contributed by atoms with van der Waals surface area (Å²) in [6.07, 6.45) is 4.09. The van der Waals surface area contributed by atoms with E-state index in [1.807, 2.05) is 72.9 Å². The van der Waals surface area contributed by atoms with Crippen LogP contribution in [0.2, 0.25) is 0 Å². The van der Waals surface area contributed by atoms with Gasteiger partial charge in [0, 0.05) is 23.0 Å². The topological polar surface area (TPSA) is 42.0 Å². The zero-order chi connectivity index (χ0) is 19.3. The maximum Gasteiger partial charge on any atom is 0.255 e. The fourth-order valence-corrected chi connectivity index (χ4v) is 3.29. The van der Waals surface area contributed by atoms with Crippen molar-refractivity contribution in [3.8, 4) is 11.3 Å². The van der Waals surface area contributed by atoms with Crippen molar-refractivity contribution in [2.75, 3.05) is 5.32 Å². The molecule has 0 fully saturated rings. The van der Waals surface area contributed by atoms with Crippen molar-refractivity contribution in [3.63, 3.8) is 0 Å². The lowest BCUT2D eigenvalue weighted by atomic mass is 10.1. The fraction of sp³-hybridized carbons (Fsp3) is 0.120. The van der Waals surface area contributed by atoms with E-state index in [0.29, 0.717) is 5.56 Å². The summed E-state index contributed by atoms with van der Waals surface area (Å²) in [6.45, 7) is 2.16. The first kappa shape index (κ1) is 17.9. The summed E-state index contributed by atoms with van der Waals surface area (Å²) < 4.78 is 0. The molecule has 0 radical (unpaired) electrons. The van der Waals surface area contributed by atoms with Gasteiger partial charge in [-0.15, -0.1) is 0 Å². The number of benzene rings is 3. The monoisotopic (exact) mass is 366 g/mol. The van der Waals surface area contributed by atoms with Crippen LogP contribution in [0.25, 0.3) is 22.0 Å². The fourth-order valence-electron chi connectivity index (χ4n) is 3.29. The largest absolute Gasteiger partial charge is 0.322 e. The molecular formula is C25H22N2O. The van der Waals surface area contributed by atoms with Crippen molar-refractivity contribution in [2.24, 2.45) is 0 Å². The van der Waals surface area contributed by atoms with Crippen LogP contribution in [0.15, 0.2) is 85.1 Å². The summed E-state index contributed by atoms with van der Waals surface area (Å²) in [4.78, 5) is 17.1. The van der Waals surface area contributed by atoms with Gasteiger partial charge in [-0.1, -0.05) is 61.9 Å². The maximum atomic E-state index is 12.6. The van der Waals surface area contributed by atoms with E-state index in [4.69, 9.17) is 0 Å². The molecule has 4 rings (SSSR count). The molecule has 0 saturated heterocycles. The summed E-state index contributed by atoms with van der Waals surface area (Å²) >= 11 is 0. The Labute approximate surface area is 165 Å². The van der Waals surface area contributed by atoms with Gasteiger partial charge in [-0.3, -0.25) is 9.78 Å². The zero-order valence-electron chi connectivity index (χ0n) is 15.9. The van der Waals surface area contributed by atoms with Crippen LogP contribution in [-0.4, -0.2) is 10.9 Å². The molecule has 3 aromatic carbocycles. The number of nitrogens with zero attached hydrogens (tertiary/aromatic N) is 1. The number of pyridine rings is 1. The second-order valence-corrected chi connectivity index (χ2v) is 6.90. The zero-order valence-corrected chi connectivity index (χ0v) is 15.9. The minimum atomic E-state index is -0.118. The highest BCUT2D eigenvalue weighted by atomic mass is 16.1. The highest BCUT2D eigenvalue weighted by molar-refractivity contribution is 6.05. The van der Waals surface area contributed by atoms with Crippen molar-refractivity contribution in [1.82, 2.24) is 4.98 Å². The predicted molar refractivity (Wildman–Crippen MR) is 116 cm³/mol. The van der Waals surface area contributed by atoms with Crippen LogP contribution in [0.4, 0.5) is 5.69 Å². The number of amides is 1. The van der Waals surface area contributed by atoms with Crippen molar-refractivity contribution < 1.29 is 4.79 Å². The second kappa shape index (κ2) is 8.05. The molecule has 0 bridgehead atoms. The number of rotatable bonds is 5. The third-order valence-corrected chi connectivity index (χ3v) is 4.81. The van der Waals surface area contributed by atoms with Gasteiger partial charge < -0.3 is 5.32 Å². The number of hydrogen-bond donors (Lipinski definition) is 1. The summed E-state index contributed by atoms with van der Waals surface area (Å²) in [5.41, 5.74) is 4.59. The highest BCUT2D eigenvalue weighted by Crippen LogP contribution is 2.21. The SMILES string of the molecule is CCCc1ccc(-c2ccc(C(=O)Nc3ccc4ccccc4c3)cc2)nc1. The Morgan fingerprint density at radius 3 is 2.39 bits per heavy atom. The smallest absolute Gasteiger partial charge is 0.255 e. The number of aromatic nitrogens is 1. The molecule has 3 heteroatoms. The average Bonchev–Trinajstić information content (AvgIpc) is 2.74. The Balaban J connectivity index is 1.48. The minimum absolute atomic E-state index is 0.118. The van der Waals surface area contributed by atoms with E-state index in [9.17, 15) is 4.79 Å². The van der Waals surface area contributed by atoms with Gasteiger partial charge in [0.05, 0.1) is 5.69 Å². The molecular weight excluding hydrogens is 344 g/mol. The predicted octanol–water partition coefficient (Wildman–Crippen LogP) is 6.11. The molecule has 0 aliphatic heterocycles. The van der Waals surface area contributed by atoms with Crippen molar-refractivity contribution >= 4 is 22.4 Å². The summed E-state index contributed by atoms with van der Waals surface area (Å²) in [7, 11) is 0. The van der Waals surface area contributed by atoms with Crippen LogP contribution in [0.3, 0.4) is 0 Å². The van der Waals surface area contributed by atoms with Gasteiger partial charge >= 0.3 is 0 Å². The summed E-state index contributed by atoms with van der Waals surface area (Å²) in [6, 6.07) is 25.8. The van der Waals surface area contributed by atoms with Gasteiger partial charge in [0.25, 0.3) is 5.91 Å². The Kier molecular flexibility index (Phi) is 5.16. The van der Waals surface area contributed by atoms with Gasteiger partial charge in [0.15, 0.2) is 0 Å². The molecule has 1 amide bonds. The first-order valence-electron chi connectivity index (χ1n) is 9.58. The molecule has 0 unspecified atom stereocenters.